The predicted octanol–water partition coefficient (Wildman–Crippen LogP) is -0.0694. The van der Waals surface area contributed by atoms with Crippen LogP contribution in [0.5, 0.6) is 0 Å². The summed E-state index contributed by atoms with van der Waals surface area (Å²) in [4.78, 5) is 28.3. The zero-order chi connectivity index (χ0) is 18.0. The SMILES string of the molecule is Cl.NS(=O)(=O)c1cccc(N2CC(C(=O)N3CCCNCC3)CC2=O)c1. The molecule has 2 saturated heterocycles. The van der Waals surface area contributed by atoms with E-state index in [-0.39, 0.29) is 42.1 Å². The monoisotopic (exact) mass is 402 g/mol. The van der Waals surface area contributed by atoms with E-state index in [4.69, 9.17) is 5.14 Å². The number of hydrogen-bond acceptors (Lipinski definition) is 5. The van der Waals surface area contributed by atoms with E-state index in [0.717, 1.165) is 19.5 Å². The minimum Gasteiger partial charge on any atom is -0.341 e. The molecule has 0 spiro atoms. The van der Waals surface area contributed by atoms with Crippen LogP contribution in [-0.4, -0.2) is 57.9 Å². The van der Waals surface area contributed by atoms with E-state index in [2.05, 4.69) is 5.32 Å². The number of nitrogens with zero attached hydrogens (tertiary/aromatic N) is 2. The summed E-state index contributed by atoms with van der Waals surface area (Å²) >= 11 is 0. The van der Waals surface area contributed by atoms with Crippen LogP contribution in [-0.2, 0) is 19.6 Å². The highest BCUT2D eigenvalue weighted by Gasteiger charge is 2.37. The first-order valence-corrected chi connectivity index (χ1v) is 9.83. The van der Waals surface area contributed by atoms with E-state index in [1.807, 2.05) is 4.90 Å². The van der Waals surface area contributed by atoms with Gasteiger partial charge in [0.2, 0.25) is 21.8 Å². The maximum atomic E-state index is 12.7. The van der Waals surface area contributed by atoms with Crippen molar-refractivity contribution in [2.75, 3.05) is 37.6 Å². The molecule has 0 aromatic heterocycles. The molecule has 10 heteroatoms. The molecule has 2 heterocycles. The Morgan fingerprint density at radius 3 is 2.73 bits per heavy atom. The quantitative estimate of drug-likeness (QED) is 0.734. The molecule has 2 aliphatic heterocycles. The maximum Gasteiger partial charge on any atom is 0.238 e. The van der Waals surface area contributed by atoms with Gasteiger partial charge in [0.05, 0.1) is 10.8 Å². The van der Waals surface area contributed by atoms with Crippen LogP contribution in [0, 0.1) is 5.92 Å². The summed E-state index contributed by atoms with van der Waals surface area (Å²) in [6.45, 7) is 3.24. The first-order valence-electron chi connectivity index (χ1n) is 8.29. The van der Waals surface area contributed by atoms with Gasteiger partial charge in [-0.2, -0.15) is 0 Å². The lowest BCUT2D eigenvalue weighted by atomic mass is 10.1. The van der Waals surface area contributed by atoms with Crippen LogP contribution in [0.25, 0.3) is 0 Å². The minimum atomic E-state index is -3.84. The highest BCUT2D eigenvalue weighted by Crippen LogP contribution is 2.28. The summed E-state index contributed by atoms with van der Waals surface area (Å²) < 4.78 is 23.0. The Kier molecular flexibility index (Phi) is 6.62. The summed E-state index contributed by atoms with van der Waals surface area (Å²) in [6, 6.07) is 5.94. The van der Waals surface area contributed by atoms with Crippen LogP contribution >= 0.6 is 12.4 Å². The van der Waals surface area contributed by atoms with E-state index < -0.39 is 15.9 Å². The third-order valence-corrected chi connectivity index (χ3v) is 5.49. The second-order valence-electron chi connectivity index (χ2n) is 6.38. The third kappa shape index (κ3) is 4.53. The van der Waals surface area contributed by atoms with E-state index in [0.29, 0.717) is 18.8 Å². The lowest BCUT2D eigenvalue weighted by Gasteiger charge is -2.23. The molecule has 8 nitrogen and oxygen atoms in total. The van der Waals surface area contributed by atoms with Crippen LogP contribution in [0.4, 0.5) is 5.69 Å². The second kappa shape index (κ2) is 8.34. The Morgan fingerprint density at radius 1 is 1.23 bits per heavy atom. The molecule has 2 fully saturated rings. The van der Waals surface area contributed by atoms with Crippen LogP contribution in [0.3, 0.4) is 0 Å². The molecule has 3 N–H and O–H groups in total. The summed E-state index contributed by atoms with van der Waals surface area (Å²) in [6.07, 6.45) is 1.04. The first-order chi connectivity index (χ1) is 11.9. The van der Waals surface area contributed by atoms with Crippen molar-refractivity contribution in [3.63, 3.8) is 0 Å². The molecule has 1 unspecified atom stereocenters. The molecular formula is C16H23ClN4O4S. The number of carbonyl (C=O) groups excluding carboxylic acids is 2. The molecular weight excluding hydrogens is 380 g/mol. The number of hydrogen-bond donors (Lipinski definition) is 2. The highest BCUT2D eigenvalue weighted by molar-refractivity contribution is 7.89. The van der Waals surface area contributed by atoms with Crippen LogP contribution in [0.1, 0.15) is 12.8 Å². The lowest BCUT2D eigenvalue weighted by Crippen LogP contribution is -2.39. The number of sulfonamides is 1. The van der Waals surface area contributed by atoms with Gasteiger partial charge in [-0.15, -0.1) is 12.4 Å². The van der Waals surface area contributed by atoms with E-state index in [1.165, 1.54) is 23.1 Å². The summed E-state index contributed by atoms with van der Waals surface area (Å²) in [5, 5.41) is 8.40. The molecule has 2 amide bonds. The maximum absolute atomic E-state index is 12.7. The number of nitrogens with one attached hydrogen (secondary N) is 1. The van der Waals surface area contributed by atoms with Gasteiger partial charge in [-0.05, 0) is 31.2 Å². The average Bonchev–Trinajstić information content (AvgIpc) is 2.79. The van der Waals surface area contributed by atoms with E-state index in [1.54, 1.807) is 6.07 Å². The molecule has 144 valence electrons. The number of anilines is 1. The van der Waals surface area contributed by atoms with Crippen molar-refractivity contribution in [1.29, 1.82) is 0 Å². The van der Waals surface area contributed by atoms with Crippen molar-refractivity contribution in [2.45, 2.75) is 17.7 Å². The number of halogens is 1. The molecule has 1 atom stereocenters. The molecule has 0 radical (unpaired) electrons. The summed E-state index contributed by atoms with van der Waals surface area (Å²) in [5.41, 5.74) is 0.448. The normalized spacial score (nSPS) is 21.3. The zero-order valence-electron chi connectivity index (χ0n) is 14.3. The molecule has 3 rings (SSSR count). The Bertz CT molecular complexity index is 778. The first kappa shape index (κ1) is 20.6. The molecule has 26 heavy (non-hydrogen) atoms. The minimum absolute atomic E-state index is 0. The van der Waals surface area contributed by atoms with Gasteiger partial charge in [0.1, 0.15) is 0 Å². The number of carbonyl (C=O) groups is 2. The van der Waals surface area contributed by atoms with Gasteiger partial charge in [-0.3, -0.25) is 9.59 Å². The van der Waals surface area contributed by atoms with Crippen molar-refractivity contribution in [3.8, 4) is 0 Å². The second-order valence-corrected chi connectivity index (χ2v) is 7.94. The summed E-state index contributed by atoms with van der Waals surface area (Å²) in [7, 11) is -3.84. The fourth-order valence-electron chi connectivity index (χ4n) is 3.28. The van der Waals surface area contributed by atoms with E-state index in [9.17, 15) is 18.0 Å². The summed E-state index contributed by atoms with van der Waals surface area (Å²) in [5.74, 6) is -0.594. The van der Waals surface area contributed by atoms with Crippen molar-refractivity contribution < 1.29 is 18.0 Å². The predicted molar refractivity (Wildman–Crippen MR) is 99.6 cm³/mol. The Labute approximate surface area is 159 Å². The smallest absolute Gasteiger partial charge is 0.238 e. The molecule has 1 aromatic carbocycles. The lowest BCUT2D eigenvalue weighted by molar-refractivity contribution is -0.135. The van der Waals surface area contributed by atoms with Gasteiger partial charge in [0.25, 0.3) is 0 Å². The van der Waals surface area contributed by atoms with Crippen LogP contribution in [0.15, 0.2) is 29.2 Å². The standard InChI is InChI=1S/C16H22N4O4S.ClH/c17-25(23,24)14-4-1-3-13(10-14)20-11-12(9-15(20)21)16(22)19-7-2-5-18-6-8-19;/h1,3-4,10,12,18H,2,5-9,11H2,(H2,17,23,24);1H. The Morgan fingerprint density at radius 2 is 2.00 bits per heavy atom. The zero-order valence-corrected chi connectivity index (χ0v) is 15.9. The number of primary sulfonamides is 1. The largest absolute Gasteiger partial charge is 0.341 e. The molecule has 2 aliphatic rings. The Hall–Kier alpha value is -1.68. The van der Waals surface area contributed by atoms with Crippen molar-refractivity contribution in [3.05, 3.63) is 24.3 Å². The van der Waals surface area contributed by atoms with Crippen molar-refractivity contribution in [2.24, 2.45) is 11.1 Å². The highest BCUT2D eigenvalue weighted by atomic mass is 35.5. The van der Waals surface area contributed by atoms with E-state index >= 15 is 0 Å². The average molecular weight is 403 g/mol. The van der Waals surface area contributed by atoms with Gasteiger partial charge < -0.3 is 15.1 Å². The third-order valence-electron chi connectivity index (χ3n) is 4.58. The number of benzene rings is 1. The topological polar surface area (TPSA) is 113 Å². The molecule has 0 aliphatic carbocycles. The van der Waals surface area contributed by atoms with Gasteiger partial charge in [0, 0.05) is 38.3 Å². The molecule has 1 aromatic rings. The molecule has 0 saturated carbocycles. The fraction of sp³-hybridized carbons (Fsp3) is 0.500. The number of amides is 2. The van der Waals surface area contributed by atoms with Crippen molar-refractivity contribution in [1.82, 2.24) is 10.2 Å². The van der Waals surface area contributed by atoms with Gasteiger partial charge in [-0.25, -0.2) is 13.6 Å². The fourth-order valence-corrected chi connectivity index (χ4v) is 3.83. The van der Waals surface area contributed by atoms with Gasteiger partial charge >= 0.3 is 0 Å². The Balaban J connectivity index is 0.00000243. The number of nitrogens with two attached hydrogens (primary N) is 1. The number of rotatable bonds is 3. The van der Waals surface area contributed by atoms with Crippen LogP contribution < -0.4 is 15.4 Å². The van der Waals surface area contributed by atoms with Gasteiger partial charge in [0.15, 0.2) is 0 Å². The van der Waals surface area contributed by atoms with Crippen LogP contribution in [0.2, 0.25) is 0 Å². The van der Waals surface area contributed by atoms with Gasteiger partial charge in [-0.1, -0.05) is 6.07 Å². The molecule has 0 bridgehead atoms. The van der Waals surface area contributed by atoms with Crippen molar-refractivity contribution >= 4 is 39.9 Å².